The van der Waals surface area contributed by atoms with E-state index in [1.54, 1.807) is 11.3 Å². The molecule has 0 N–H and O–H groups in total. The summed E-state index contributed by atoms with van der Waals surface area (Å²) in [4.78, 5) is 22.3. The highest BCUT2D eigenvalue weighted by Gasteiger charge is 2.47. The van der Waals surface area contributed by atoms with Gasteiger partial charge in [0.2, 0.25) is 5.91 Å². The third-order valence-corrected chi connectivity index (χ3v) is 6.01. The zero-order chi connectivity index (χ0) is 15.9. The molecular formula is C18H21N3OS. The molecule has 1 amide bonds. The summed E-state index contributed by atoms with van der Waals surface area (Å²) in [6, 6.07) is 8.33. The van der Waals surface area contributed by atoms with Gasteiger partial charge in [-0.15, -0.1) is 11.3 Å². The highest BCUT2D eigenvalue weighted by Crippen LogP contribution is 2.43. The molecule has 0 aromatic carbocycles. The van der Waals surface area contributed by atoms with Crippen LogP contribution in [0.1, 0.15) is 23.3 Å². The first kappa shape index (κ1) is 14.8. The van der Waals surface area contributed by atoms with Gasteiger partial charge < -0.3 is 4.90 Å². The predicted molar refractivity (Wildman–Crippen MR) is 92.6 cm³/mol. The van der Waals surface area contributed by atoms with Crippen LogP contribution in [0.4, 0.5) is 5.00 Å². The first-order valence-electron chi connectivity index (χ1n) is 8.12. The number of likely N-dealkylation sites (tertiary alicyclic amines) is 1. The van der Waals surface area contributed by atoms with Gasteiger partial charge in [0.1, 0.15) is 0 Å². The van der Waals surface area contributed by atoms with Gasteiger partial charge in [0.15, 0.2) is 0 Å². The second-order valence-electron chi connectivity index (χ2n) is 6.86. The Morgan fingerprint density at radius 3 is 2.78 bits per heavy atom. The van der Waals surface area contributed by atoms with Gasteiger partial charge in [0.25, 0.3) is 0 Å². The van der Waals surface area contributed by atoms with Crippen molar-refractivity contribution < 1.29 is 4.79 Å². The number of aromatic nitrogens is 1. The maximum absolute atomic E-state index is 12.5. The minimum Gasteiger partial charge on any atom is -0.303 e. The van der Waals surface area contributed by atoms with E-state index in [-0.39, 0.29) is 11.3 Å². The van der Waals surface area contributed by atoms with Crippen LogP contribution in [0, 0.1) is 12.3 Å². The Morgan fingerprint density at radius 1 is 1.22 bits per heavy atom. The van der Waals surface area contributed by atoms with Crippen molar-refractivity contribution in [1.82, 2.24) is 9.88 Å². The summed E-state index contributed by atoms with van der Waals surface area (Å²) >= 11 is 1.72. The van der Waals surface area contributed by atoms with Gasteiger partial charge in [0, 0.05) is 48.7 Å². The van der Waals surface area contributed by atoms with Crippen LogP contribution in [0.15, 0.2) is 36.7 Å². The largest absolute Gasteiger partial charge is 0.303 e. The minimum absolute atomic E-state index is 0.141. The predicted octanol–water partition coefficient (Wildman–Crippen LogP) is 3.08. The summed E-state index contributed by atoms with van der Waals surface area (Å²) in [5.41, 5.74) is 1.44. The van der Waals surface area contributed by atoms with Crippen molar-refractivity contribution in [3.05, 3.63) is 47.1 Å². The second-order valence-corrected chi connectivity index (χ2v) is 8.12. The zero-order valence-electron chi connectivity index (χ0n) is 13.4. The van der Waals surface area contributed by atoms with Crippen LogP contribution in [0.25, 0.3) is 0 Å². The molecule has 23 heavy (non-hydrogen) atoms. The fourth-order valence-corrected chi connectivity index (χ4v) is 4.72. The highest BCUT2D eigenvalue weighted by molar-refractivity contribution is 7.16. The molecule has 0 radical (unpaired) electrons. The summed E-state index contributed by atoms with van der Waals surface area (Å²) in [5.74, 6) is 0.289. The summed E-state index contributed by atoms with van der Waals surface area (Å²) in [7, 11) is 0. The van der Waals surface area contributed by atoms with Crippen molar-refractivity contribution in [2.75, 3.05) is 24.5 Å². The van der Waals surface area contributed by atoms with E-state index in [4.69, 9.17) is 0 Å². The third-order valence-electron chi connectivity index (χ3n) is 4.99. The maximum Gasteiger partial charge on any atom is 0.228 e. The van der Waals surface area contributed by atoms with E-state index in [9.17, 15) is 4.79 Å². The molecule has 2 saturated heterocycles. The normalized spacial score (nSPS) is 24.9. The van der Waals surface area contributed by atoms with Crippen LogP contribution >= 0.6 is 11.3 Å². The number of carbonyl (C=O) groups excluding carboxylic acids is 1. The lowest BCUT2D eigenvalue weighted by molar-refractivity contribution is -0.117. The van der Waals surface area contributed by atoms with Crippen molar-refractivity contribution in [2.24, 2.45) is 5.41 Å². The number of nitrogens with zero attached hydrogens (tertiary/aromatic N) is 3. The minimum atomic E-state index is 0.141. The number of pyridine rings is 1. The average molecular weight is 327 g/mol. The third kappa shape index (κ3) is 2.91. The van der Waals surface area contributed by atoms with Crippen LogP contribution in [-0.4, -0.2) is 35.4 Å². The van der Waals surface area contributed by atoms with Crippen LogP contribution < -0.4 is 4.90 Å². The van der Waals surface area contributed by atoms with Gasteiger partial charge in [-0.2, -0.15) is 0 Å². The highest BCUT2D eigenvalue weighted by atomic mass is 32.1. The van der Waals surface area contributed by atoms with Crippen molar-refractivity contribution in [2.45, 2.75) is 26.3 Å². The molecule has 2 fully saturated rings. The first-order chi connectivity index (χ1) is 11.1. The van der Waals surface area contributed by atoms with Gasteiger partial charge in [0.05, 0.1) is 5.00 Å². The van der Waals surface area contributed by atoms with E-state index < -0.39 is 0 Å². The number of carbonyl (C=O) groups is 1. The van der Waals surface area contributed by atoms with Crippen molar-refractivity contribution >= 4 is 22.2 Å². The number of rotatable bonds is 3. The molecular weight excluding hydrogens is 306 g/mol. The molecule has 4 rings (SSSR count). The summed E-state index contributed by atoms with van der Waals surface area (Å²) in [5, 5.41) is 1.11. The molecule has 2 aromatic heterocycles. The molecule has 0 saturated carbocycles. The molecule has 2 aliphatic heterocycles. The molecule has 0 bridgehead atoms. The van der Waals surface area contributed by atoms with Gasteiger partial charge in [-0.25, -0.2) is 0 Å². The van der Waals surface area contributed by atoms with Crippen molar-refractivity contribution in [3.63, 3.8) is 0 Å². The number of thiophene rings is 1. The molecule has 4 nitrogen and oxygen atoms in total. The molecule has 2 aromatic rings. The monoisotopic (exact) mass is 327 g/mol. The maximum atomic E-state index is 12.5. The first-order valence-corrected chi connectivity index (χ1v) is 8.93. The van der Waals surface area contributed by atoms with E-state index in [2.05, 4.69) is 41.1 Å². The topological polar surface area (TPSA) is 36.4 Å². The van der Waals surface area contributed by atoms with E-state index in [1.807, 2.05) is 17.3 Å². The smallest absolute Gasteiger partial charge is 0.228 e. The molecule has 2 aliphatic rings. The molecule has 1 unspecified atom stereocenters. The zero-order valence-corrected chi connectivity index (χ0v) is 14.2. The fraction of sp³-hybridized carbons (Fsp3) is 0.444. The quantitative estimate of drug-likeness (QED) is 0.869. The van der Waals surface area contributed by atoms with E-state index in [0.717, 1.165) is 37.6 Å². The number of amides is 1. The standard InChI is InChI=1S/C18H21N3OS/c1-14-2-3-17(23-14)21-13-18(10-16(21)22)6-9-20(12-18)11-15-4-7-19-8-5-15/h2-5,7-8H,6,9-13H2,1H3. The van der Waals surface area contributed by atoms with E-state index >= 15 is 0 Å². The molecule has 1 spiro atoms. The Morgan fingerprint density at radius 2 is 2.04 bits per heavy atom. The van der Waals surface area contributed by atoms with Crippen LogP contribution in [-0.2, 0) is 11.3 Å². The van der Waals surface area contributed by atoms with Gasteiger partial charge in [-0.3, -0.25) is 14.7 Å². The van der Waals surface area contributed by atoms with Crippen LogP contribution in [0.3, 0.4) is 0 Å². The Kier molecular flexibility index (Phi) is 3.70. The molecule has 4 heterocycles. The lowest BCUT2D eigenvalue weighted by Gasteiger charge is -2.23. The summed E-state index contributed by atoms with van der Waals surface area (Å²) in [6.07, 6.45) is 5.50. The molecule has 1 atom stereocenters. The Hall–Kier alpha value is -1.72. The summed E-state index contributed by atoms with van der Waals surface area (Å²) in [6.45, 7) is 6.01. The Labute approximate surface area is 140 Å². The number of hydrogen-bond acceptors (Lipinski definition) is 4. The van der Waals surface area contributed by atoms with Gasteiger partial charge in [-0.1, -0.05) is 0 Å². The SMILES string of the molecule is Cc1ccc(N2CC3(CCN(Cc4ccncc4)C3)CC2=O)s1. The Bertz CT molecular complexity index is 714. The van der Waals surface area contributed by atoms with Gasteiger partial charge in [-0.05, 0) is 49.7 Å². The van der Waals surface area contributed by atoms with Gasteiger partial charge >= 0.3 is 0 Å². The number of hydrogen-bond donors (Lipinski definition) is 0. The molecule has 0 aliphatic carbocycles. The van der Waals surface area contributed by atoms with E-state index in [0.29, 0.717) is 6.42 Å². The van der Waals surface area contributed by atoms with Crippen LogP contribution in [0.2, 0.25) is 0 Å². The van der Waals surface area contributed by atoms with Crippen molar-refractivity contribution in [3.8, 4) is 0 Å². The number of anilines is 1. The molecule has 5 heteroatoms. The summed E-state index contributed by atoms with van der Waals surface area (Å²) < 4.78 is 0. The molecule has 120 valence electrons. The average Bonchev–Trinajstić information content (AvgIpc) is 3.21. The van der Waals surface area contributed by atoms with Crippen LogP contribution in [0.5, 0.6) is 0 Å². The fourth-order valence-electron chi connectivity index (χ4n) is 3.85. The number of aryl methyl sites for hydroxylation is 1. The van der Waals surface area contributed by atoms with E-state index in [1.165, 1.54) is 10.4 Å². The van der Waals surface area contributed by atoms with Crippen molar-refractivity contribution in [1.29, 1.82) is 0 Å². The second kappa shape index (κ2) is 5.73. The lowest BCUT2D eigenvalue weighted by Crippen LogP contribution is -2.30. The lowest BCUT2D eigenvalue weighted by atomic mass is 9.86. The Balaban J connectivity index is 1.45.